The fourth-order valence-electron chi connectivity index (χ4n) is 3.14. The Balaban J connectivity index is 1.64. The van der Waals surface area contributed by atoms with Gasteiger partial charge < -0.3 is 14.8 Å². The van der Waals surface area contributed by atoms with Crippen LogP contribution in [0.5, 0.6) is 5.75 Å². The molecule has 0 saturated carbocycles. The van der Waals surface area contributed by atoms with Gasteiger partial charge in [0.1, 0.15) is 11.3 Å². The number of Topliss-reactive ketones (excluding diaryl/α,β-unsaturated/α-hetero) is 1. The summed E-state index contributed by atoms with van der Waals surface area (Å²) in [5.41, 5.74) is 1.16. The molecule has 0 fully saturated rings. The lowest BCUT2D eigenvalue weighted by Crippen LogP contribution is -2.43. The number of carbonyl (C=O) groups excluding carboxylic acids is 3. The second kappa shape index (κ2) is 9.69. The Morgan fingerprint density at radius 1 is 0.933 bits per heavy atom. The van der Waals surface area contributed by atoms with Gasteiger partial charge in [-0.1, -0.05) is 54.6 Å². The summed E-state index contributed by atoms with van der Waals surface area (Å²) in [6.45, 7) is 0.924. The average Bonchev–Trinajstić information content (AvgIpc) is 2.76. The first-order valence-corrected chi connectivity index (χ1v) is 9.55. The number of benzene rings is 3. The van der Waals surface area contributed by atoms with E-state index in [0.29, 0.717) is 12.2 Å². The third-order valence-electron chi connectivity index (χ3n) is 4.73. The van der Waals surface area contributed by atoms with E-state index in [2.05, 4.69) is 5.32 Å². The van der Waals surface area contributed by atoms with Crippen molar-refractivity contribution in [3.63, 3.8) is 0 Å². The predicted octanol–water partition coefficient (Wildman–Crippen LogP) is 3.32. The number of methoxy groups -OCH3 is 1. The number of nitrogens with one attached hydrogen (secondary N) is 1. The molecular formula is C24H23NO5. The Morgan fingerprint density at radius 3 is 2.20 bits per heavy atom. The van der Waals surface area contributed by atoms with Gasteiger partial charge in [-0.05, 0) is 41.8 Å². The molecule has 6 nitrogen and oxygen atoms in total. The first-order chi connectivity index (χ1) is 14.5. The molecule has 1 N–H and O–H groups in total. The van der Waals surface area contributed by atoms with Crippen molar-refractivity contribution >= 4 is 28.4 Å². The minimum atomic E-state index is -0.686. The quantitative estimate of drug-likeness (QED) is 0.582. The van der Waals surface area contributed by atoms with Crippen molar-refractivity contribution in [1.82, 2.24) is 5.32 Å². The fourth-order valence-corrected chi connectivity index (χ4v) is 3.14. The molecule has 1 atom stereocenters. The first-order valence-electron chi connectivity index (χ1n) is 9.55. The van der Waals surface area contributed by atoms with Gasteiger partial charge >= 0.3 is 5.97 Å². The zero-order valence-electron chi connectivity index (χ0n) is 16.9. The van der Waals surface area contributed by atoms with Crippen LogP contribution < -0.4 is 10.1 Å². The predicted molar refractivity (Wildman–Crippen MR) is 114 cm³/mol. The largest absolute Gasteiger partial charge is 0.496 e. The van der Waals surface area contributed by atoms with Crippen LogP contribution in [0.25, 0.3) is 10.8 Å². The number of hydrogen-bond acceptors (Lipinski definition) is 5. The molecule has 0 heterocycles. The molecule has 154 valence electrons. The number of fused-ring (bicyclic) bond motifs is 1. The highest BCUT2D eigenvalue weighted by Crippen LogP contribution is 2.26. The molecule has 0 aromatic heterocycles. The van der Waals surface area contributed by atoms with Crippen LogP contribution in [-0.2, 0) is 20.7 Å². The molecule has 3 aromatic rings. The van der Waals surface area contributed by atoms with Crippen LogP contribution in [0.3, 0.4) is 0 Å². The van der Waals surface area contributed by atoms with Crippen molar-refractivity contribution < 1.29 is 23.9 Å². The monoisotopic (exact) mass is 405 g/mol. The summed E-state index contributed by atoms with van der Waals surface area (Å²) in [7, 11) is 1.47. The van der Waals surface area contributed by atoms with E-state index in [0.717, 1.165) is 16.3 Å². The molecule has 0 aliphatic heterocycles. The molecule has 0 spiro atoms. The van der Waals surface area contributed by atoms with E-state index in [9.17, 15) is 14.4 Å². The smallest absolute Gasteiger partial charge is 0.342 e. The van der Waals surface area contributed by atoms with E-state index >= 15 is 0 Å². The number of hydrogen-bond donors (Lipinski definition) is 1. The molecule has 3 aromatic carbocycles. The summed E-state index contributed by atoms with van der Waals surface area (Å²) in [6, 6.07) is 19.7. The molecule has 0 aliphatic carbocycles. The number of esters is 1. The number of rotatable bonds is 8. The van der Waals surface area contributed by atoms with Crippen LogP contribution in [0.2, 0.25) is 0 Å². The second-order valence-corrected chi connectivity index (χ2v) is 6.90. The van der Waals surface area contributed by atoms with Gasteiger partial charge in [-0.2, -0.15) is 0 Å². The minimum absolute atomic E-state index is 0.172. The van der Waals surface area contributed by atoms with Crippen molar-refractivity contribution in [2.24, 2.45) is 0 Å². The molecule has 0 radical (unpaired) electrons. The summed E-state index contributed by atoms with van der Waals surface area (Å²) < 4.78 is 10.5. The van der Waals surface area contributed by atoms with Crippen LogP contribution >= 0.6 is 0 Å². The molecule has 3 rings (SSSR count). The molecule has 0 aliphatic rings. The maximum Gasteiger partial charge on any atom is 0.342 e. The summed E-state index contributed by atoms with van der Waals surface area (Å²) in [5.74, 6) is -1.02. The molecule has 0 bridgehead atoms. The van der Waals surface area contributed by atoms with Crippen LogP contribution in [0.4, 0.5) is 0 Å². The van der Waals surface area contributed by atoms with Gasteiger partial charge in [0.2, 0.25) is 0 Å². The van der Waals surface area contributed by atoms with Gasteiger partial charge in [0.25, 0.3) is 5.91 Å². The van der Waals surface area contributed by atoms with Gasteiger partial charge in [-0.25, -0.2) is 4.79 Å². The van der Waals surface area contributed by atoms with E-state index in [4.69, 9.17) is 9.47 Å². The number of carbonyl (C=O) groups is 3. The molecule has 1 amide bonds. The fraction of sp³-hybridized carbons (Fsp3) is 0.208. The molecule has 0 saturated heterocycles. The Labute approximate surface area is 174 Å². The van der Waals surface area contributed by atoms with Crippen molar-refractivity contribution in [3.8, 4) is 5.75 Å². The molecule has 0 unspecified atom stereocenters. The lowest BCUT2D eigenvalue weighted by atomic mass is 10.0. The lowest BCUT2D eigenvalue weighted by Gasteiger charge is -2.16. The zero-order chi connectivity index (χ0) is 21.5. The molecule has 6 heteroatoms. The van der Waals surface area contributed by atoms with Crippen molar-refractivity contribution in [2.45, 2.75) is 19.4 Å². The van der Waals surface area contributed by atoms with Gasteiger partial charge in [0.15, 0.2) is 12.4 Å². The third kappa shape index (κ3) is 5.23. The highest BCUT2D eigenvalue weighted by Gasteiger charge is 2.20. The number of ether oxygens (including phenoxy) is 2. The normalized spacial score (nSPS) is 11.5. The van der Waals surface area contributed by atoms with E-state index in [1.807, 2.05) is 54.6 Å². The Kier molecular flexibility index (Phi) is 6.80. The highest BCUT2D eigenvalue weighted by molar-refractivity contribution is 5.99. The lowest BCUT2D eigenvalue weighted by molar-refractivity contribution is -0.128. The summed E-state index contributed by atoms with van der Waals surface area (Å²) >= 11 is 0. The van der Waals surface area contributed by atoms with E-state index in [1.165, 1.54) is 14.0 Å². The van der Waals surface area contributed by atoms with Crippen molar-refractivity contribution in [1.29, 1.82) is 0 Å². The highest BCUT2D eigenvalue weighted by atomic mass is 16.5. The SMILES string of the molecule is COc1cc2ccccc2cc1C(=O)OCC(=O)N[C@@H](Cc1ccccc1)C(C)=O. The Bertz CT molecular complexity index is 1060. The van der Waals surface area contributed by atoms with Crippen LogP contribution in [0, 0.1) is 0 Å². The Morgan fingerprint density at radius 2 is 1.57 bits per heavy atom. The van der Waals surface area contributed by atoms with Crippen LogP contribution in [0.1, 0.15) is 22.8 Å². The summed E-state index contributed by atoms with van der Waals surface area (Å²) in [6.07, 6.45) is 0.369. The third-order valence-corrected chi connectivity index (χ3v) is 4.73. The Hall–Kier alpha value is -3.67. The first kappa shape index (κ1) is 21.0. The second-order valence-electron chi connectivity index (χ2n) is 6.90. The average molecular weight is 405 g/mol. The summed E-state index contributed by atoms with van der Waals surface area (Å²) in [4.78, 5) is 36.7. The van der Waals surface area contributed by atoms with Gasteiger partial charge in [0.05, 0.1) is 13.2 Å². The maximum atomic E-state index is 12.5. The van der Waals surface area contributed by atoms with Crippen LogP contribution in [-0.4, -0.2) is 37.4 Å². The molecular weight excluding hydrogens is 382 g/mol. The van der Waals surface area contributed by atoms with Gasteiger partial charge in [-0.3, -0.25) is 9.59 Å². The summed E-state index contributed by atoms with van der Waals surface area (Å²) in [5, 5.41) is 4.41. The minimum Gasteiger partial charge on any atom is -0.496 e. The van der Waals surface area contributed by atoms with Crippen molar-refractivity contribution in [2.75, 3.05) is 13.7 Å². The van der Waals surface area contributed by atoms with E-state index < -0.39 is 24.5 Å². The van der Waals surface area contributed by atoms with Crippen molar-refractivity contribution in [3.05, 3.63) is 77.9 Å². The zero-order valence-corrected chi connectivity index (χ0v) is 16.9. The topological polar surface area (TPSA) is 81.7 Å². The van der Waals surface area contributed by atoms with E-state index in [1.54, 1.807) is 12.1 Å². The maximum absolute atomic E-state index is 12.5. The van der Waals surface area contributed by atoms with Gasteiger partial charge in [-0.15, -0.1) is 0 Å². The van der Waals surface area contributed by atoms with Crippen LogP contribution in [0.15, 0.2) is 66.7 Å². The van der Waals surface area contributed by atoms with Gasteiger partial charge in [0, 0.05) is 0 Å². The number of amides is 1. The standard InChI is InChI=1S/C24H23NO5/c1-16(26)21(12-17-8-4-3-5-9-17)25-23(27)15-30-24(28)20-13-18-10-6-7-11-19(18)14-22(20)29-2/h3-11,13-14,21H,12,15H2,1-2H3,(H,25,27)/t21-/m0/s1. The number of ketones is 1. The molecule has 30 heavy (non-hydrogen) atoms. The van der Waals surface area contributed by atoms with E-state index in [-0.39, 0.29) is 11.3 Å².